The van der Waals surface area contributed by atoms with E-state index >= 15 is 0 Å². The molecule has 0 unspecified atom stereocenters. The van der Waals surface area contributed by atoms with Gasteiger partial charge in [-0.2, -0.15) is 8.42 Å². The number of thiophene rings is 1. The number of nitrogens with one attached hydrogen (secondary N) is 1. The highest BCUT2D eigenvalue weighted by atomic mass is 32.2. The lowest BCUT2D eigenvalue weighted by Crippen LogP contribution is -2.47. The van der Waals surface area contributed by atoms with Gasteiger partial charge in [0.1, 0.15) is 22.4 Å². The Morgan fingerprint density at radius 2 is 1.97 bits per heavy atom. The Kier molecular flexibility index (Phi) is 4.97. The molecular formula is C21H21FN4O3S2. The van der Waals surface area contributed by atoms with Crippen molar-refractivity contribution in [2.45, 2.75) is 5.75 Å². The average Bonchev–Trinajstić information content (AvgIpc) is 2.98. The van der Waals surface area contributed by atoms with Crippen molar-refractivity contribution in [2.24, 2.45) is 4.99 Å². The number of amidine groups is 1. The lowest BCUT2D eigenvalue weighted by Gasteiger charge is -2.34. The van der Waals surface area contributed by atoms with Crippen molar-refractivity contribution in [2.75, 3.05) is 38.5 Å². The molecule has 31 heavy (non-hydrogen) atoms. The first-order valence-electron chi connectivity index (χ1n) is 9.87. The van der Waals surface area contributed by atoms with E-state index in [9.17, 15) is 17.4 Å². The van der Waals surface area contributed by atoms with Gasteiger partial charge in [-0.3, -0.25) is 4.55 Å². The maximum absolute atomic E-state index is 14.0. The lowest BCUT2D eigenvalue weighted by atomic mass is 10.0. The second-order valence-corrected chi connectivity index (χ2v) is 10.3. The molecular weight excluding hydrogens is 439 g/mol. The number of hydrogen-bond donors (Lipinski definition) is 2. The van der Waals surface area contributed by atoms with Gasteiger partial charge in [-0.25, -0.2) is 9.38 Å². The number of piperazine rings is 1. The normalized spacial score (nSPS) is 17.0. The van der Waals surface area contributed by atoms with Gasteiger partial charge in [0, 0.05) is 36.3 Å². The van der Waals surface area contributed by atoms with Crippen LogP contribution in [0.4, 0.5) is 20.8 Å². The van der Waals surface area contributed by atoms with E-state index in [4.69, 9.17) is 4.99 Å². The van der Waals surface area contributed by atoms with Crippen molar-refractivity contribution in [1.29, 1.82) is 0 Å². The molecule has 2 aromatic carbocycles. The number of fused-ring (bicyclic) bond motifs is 4. The molecule has 0 atom stereocenters. The molecule has 0 spiro atoms. The van der Waals surface area contributed by atoms with E-state index in [-0.39, 0.29) is 5.82 Å². The van der Waals surface area contributed by atoms with Crippen LogP contribution >= 0.6 is 11.3 Å². The molecule has 1 aromatic heterocycles. The number of halogens is 1. The zero-order valence-corrected chi connectivity index (χ0v) is 18.4. The molecule has 3 heterocycles. The van der Waals surface area contributed by atoms with Crippen molar-refractivity contribution in [3.8, 4) is 0 Å². The maximum Gasteiger partial charge on any atom is 0.269 e. The van der Waals surface area contributed by atoms with Crippen molar-refractivity contribution < 1.29 is 17.4 Å². The van der Waals surface area contributed by atoms with Crippen molar-refractivity contribution in [1.82, 2.24) is 9.80 Å². The number of anilines is 2. The van der Waals surface area contributed by atoms with Crippen LogP contribution in [-0.2, 0) is 15.9 Å². The quantitative estimate of drug-likeness (QED) is 0.566. The first-order chi connectivity index (χ1) is 14.8. The van der Waals surface area contributed by atoms with Gasteiger partial charge in [-0.15, -0.1) is 11.3 Å². The van der Waals surface area contributed by atoms with Crippen LogP contribution in [-0.4, -0.2) is 61.8 Å². The van der Waals surface area contributed by atoms with Gasteiger partial charge in [0.25, 0.3) is 10.1 Å². The van der Waals surface area contributed by atoms with Crippen LogP contribution in [0.1, 0.15) is 11.1 Å². The molecule has 1 fully saturated rings. The minimum atomic E-state index is -4.22. The molecule has 0 radical (unpaired) electrons. The van der Waals surface area contributed by atoms with Crippen LogP contribution in [0.25, 0.3) is 10.1 Å². The molecule has 0 saturated carbocycles. The number of likely N-dealkylation sites (N-methyl/N-ethyl adjacent to an activating group) is 1. The van der Waals surface area contributed by atoms with Gasteiger partial charge >= 0.3 is 0 Å². The topological polar surface area (TPSA) is 85.2 Å². The zero-order chi connectivity index (χ0) is 21.8. The van der Waals surface area contributed by atoms with Crippen LogP contribution in [0.3, 0.4) is 0 Å². The Hall–Kier alpha value is -2.53. The first kappa shape index (κ1) is 20.4. The third-order valence-corrected chi connectivity index (χ3v) is 7.35. The van der Waals surface area contributed by atoms with E-state index in [0.717, 1.165) is 52.7 Å². The molecule has 0 amide bonds. The average molecular weight is 461 g/mol. The van der Waals surface area contributed by atoms with Crippen LogP contribution in [0.5, 0.6) is 0 Å². The van der Waals surface area contributed by atoms with Crippen LogP contribution < -0.4 is 5.32 Å². The fourth-order valence-corrected chi connectivity index (χ4v) is 5.88. The zero-order valence-electron chi connectivity index (χ0n) is 16.8. The van der Waals surface area contributed by atoms with E-state index < -0.39 is 15.9 Å². The highest BCUT2D eigenvalue weighted by Gasteiger charge is 2.29. The smallest absolute Gasteiger partial charge is 0.269 e. The first-order valence-corrected chi connectivity index (χ1v) is 12.3. The molecule has 2 aliphatic rings. The number of benzene rings is 2. The lowest BCUT2D eigenvalue weighted by molar-refractivity contribution is 0.216. The van der Waals surface area contributed by atoms with E-state index in [1.165, 1.54) is 23.5 Å². The molecule has 0 aliphatic carbocycles. The van der Waals surface area contributed by atoms with E-state index in [1.807, 2.05) is 6.07 Å². The van der Waals surface area contributed by atoms with Gasteiger partial charge in [-0.1, -0.05) is 12.1 Å². The van der Waals surface area contributed by atoms with Gasteiger partial charge in [0.15, 0.2) is 0 Å². The molecule has 1 saturated heterocycles. The minimum Gasteiger partial charge on any atom is -0.353 e. The summed E-state index contributed by atoms with van der Waals surface area (Å²) < 4.78 is 47.7. The van der Waals surface area contributed by atoms with Gasteiger partial charge in [0.2, 0.25) is 0 Å². The van der Waals surface area contributed by atoms with Crippen molar-refractivity contribution in [3.05, 3.63) is 53.3 Å². The SMILES string of the molecule is CN1CCN(C2=Nc3ccc(F)cc3Nc3sc4cccc(CS(=O)(=O)O)c4c32)CC1. The standard InChI is InChI=1S/C21H21FN4O3S2/c1-25-7-9-26(10-8-25)20-19-18-13(12-31(27,28)29)3-2-4-17(18)30-21(19)24-16-11-14(22)5-6-15(16)23-20/h2-6,11,24H,7-10,12H2,1H3,(H,27,28,29). The largest absolute Gasteiger partial charge is 0.353 e. The molecule has 2 aliphatic heterocycles. The van der Waals surface area contributed by atoms with Crippen LogP contribution in [0.15, 0.2) is 41.4 Å². The summed E-state index contributed by atoms with van der Waals surface area (Å²) in [6, 6.07) is 9.84. The van der Waals surface area contributed by atoms with Crippen LogP contribution in [0, 0.1) is 5.82 Å². The summed E-state index contributed by atoms with van der Waals surface area (Å²) in [7, 11) is -2.15. The van der Waals surface area contributed by atoms with E-state index in [2.05, 4.69) is 22.2 Å². The van der Waals surface area contributed by atoms with E-state index in [0.29, 0.717) is 16.9 Å². The monoisotopic (exact) mass is 460 g/mol. The van der Waals surface area contributed by atoms with E-state index in [1.54, 1.807) is 18.2 Å². The second-order valence-electron chi connectivity index (χ2n) is 7.83. The third-order valence-electron chi connectivity index (χ3n) is 5.60. The Bertz CT molecular complexity index is 1310. The molecule has 162 valence electrons. The van der Waals surface area contributed by atoms with Gasteiger partial charge in [-0.05, 0) is 36.9 Å². The maximum atomic E-state index is 14.0. The molecule has 3 aromatic rings. The Morgan fingerprint density at radius 3 is 2.71 bits per heavy atom. The summed E-state index contributed by atoms with van der Waals surface area (Å²) in [6.07, 6.45) is 0. The van der Waals surface area contributed by atoms with Crippen LogP contribution in [0.2, 0.25) is 0 Å². The molecule has 5 rings (SSSR count). The number of rotatable bonds is 2. The number of aliphatic imine (C=N–C) groups is 1. The summed E-state index contributed by atoms with van der Waals surface area (Å²) in [5.74, 6) is -0.111. The number of hydrogen-bond acceptors (Lipinski definition) is 7. The Labute approximate surface area is 183 Å². The fraction of sp³-hybridized carbons (Fsp3) is 0.286. The summed E-state index contributed by atoms with van der Waals surface area (Å²) in [5, 5.41) is 4.84. The molecule has 7 nitrogen and oxygen atoms in total. The second kappa shape index (κ2) is 7.56. The van der Waals surface area contributed by atoms with Gasteiger partial charge in [0.05, 0.1) is 16.9 Å². The highest BCUT2D eigenvalue weighted by molar-refractivity contribution is 7.85. The summed E-state index contributed by atoms with van der Waals surface area (Å²) in [5.41, 5.74) is 2.49. The van der Waals surface area contributed by atoms with Crippen molar-refractivity contribution >= 4 is 53.8 Å². The predicted molar refractivity (Wildman–Crippen MR) is 122 cm³/mol. The minimum absolute atomic E-state index is 0.362. The summed E-state index contributed by atoms with van der Waals surface area (Å²) in [6.45, 7) is 3.28. The summed E-state index contributed by atoms with van der Waals surface area (Å²) in [4.78, 5) is 9.35. The molecule has 2 N–H and O–H groups in total. The Balaban J connectivity index is 1.76. The molecule has 0 bridgehead atoms. The number of nitrogens with zero attached hydrogens (tertiary/aromatic N) is 3. The highest BCUT2D eigenvalue weighted by Crippen LogP contribution is 2.44. The third kappa shape index (κ3) is 3.91. The predicted octanol–water partition coefficient (Wildman–Crippen LogP) is 3.81. The fourth-order valence-electron chi connectivity index (χ4n) is 4.08. The Morgan fingerprint density at radius 1 is 1.19 bits per heavy atom. The van der Waals surface area contributed by atoms with Crippen molar-refractivity contribution in [3.63, 3.8) is 0 Å². The summed E-state index contributed by atoms with van der Waals surface area (Å²) >= 11 is 1.46. The molecule has 10 heteroatoms. The van der Waals surface area contributed by atoms with Gasteiger partial charge < -0.3 is 15.1 Å².